The summed E-state index contributed by atoms with van der Waals surface area (Å²) in [6.45, 7) is 15.2. The average Bonchev–Trinajstić information content (AvgIpc) is 3.10. The Bertz CT molecular complexity index is 1480. The zero-order chi connectivity index (χ0) is 27.4. The molecular weight excluding hydrogens is 434 g/mol. The van der Waals surface area contributed by atoms with Crippen molar-refractivity contribution in [3.05, 3.63) is 107 Å². The van der Waals surface area contributed by atoms with Crippen molar-refractivity contribution in [2.24, 2.45) is 0 Å². The molecule has 0 radical (unpaired) electrons. The van der Waals surface area contributed by atoms with E-state index in [2.05, 4.69) is 118 Å². The third kappa shape index (κ3) is 3.77. The number of hydrogen-bond donors (Lipinski definition) is 0. The molecule has 0 bridgehead atoms. The van der Waals surface area contributed by atoms with Crippen LogP contribution in [0.15, 0.2) is 84.9 Å². The molecule has 0 N–H and O–H groups in total. The molecule has 0 saturated carbocycles. The van der Waals surface area contributed by atoms with Crippen LogP contribution in [0.2, 0.25) is 0 Å². The van der Waals surface area contributed by atoms with E-state index in [0.717, 1.165) is 33.6 Å². The van der Waals surface area contributed by atoms with E-state index in [0.29, 0.717) is 0 Å². The fraction of sp³-hybridized carbons (Fsp3) is 0.314. The molecule has 1 heteroatoms. The highest BCUT2D eigenvalue weighted by Crippen LogP contribution is 2.53. The minimum absolute atomic E-state index is 0.208. The summed E-state index contributed by atoms with van der Waals surface area (Å²) in [7, 11) is 0. The Hall–Kier alpha value is -3.32. The molecule has 1 aliphatic rings. The Balaban J connectivity index is 1.87. The van der Waals surface area contributed by atoms with Crippen molar-refractivity contribution in [1.29, 1.82) is 0 Å². The number of nitrogens with zero attached hydrogens (tertiary/aromatic N) is 1. The minimum Gasteiger partial charge on any atom is -0.335 e. The summed E-state index contributed by atoms with van der Waals surface area (Å²) in [4.78, 5) is 2.41. The Labute approximate surface area is 220 Å². The first kappa shape index (κ1) is 21.9. The van der Waals surface area contributed by atoms with Crippen molar-refractivity contribution in [3.8, 4) is 22.3 Å². The van der Waals surface area contributed by atoms with Gasteiger partial charge in [-0.3, -0.25) is 0 Å². The van der Waals surface area contributed by atoms with E-state index in [1.165, 1.54) is 22.3 Å². The lowest BCUT2D eigenvalue weighted by atomic mass is 9.78. The maximum atomic E-state index is 9.16. The van der Waals surface area contributed by atoms with Gasteiger partial charge in [0, 0.05) is 24.9 Å². The van der Waals surface area contributed by atoms with Gasteiger partial charge in [-0.15, -0.1) is 0 Å². The molecule has 0 aromatic heterocycles. The minimum atomic E-state index is -0.417. The van der Waals surface area contributed by atoms with E-state index < -0.39 is 12.8 Å². The summed E-state index contributed by atoms with van der Waals surface area (Å²) in [5.41, 5.74) is 11.0. The molecule has 0 amide bonds. The first-order valence-corrected chi connectivity index (χ1v) is 13.0. The number of benzene rings is 4. The molecule has 1 aliphatic carbocycles. The fourth-order valence-electron chi connectivity index (χ4n) is 6.10. The van der Waals surface area contributed by atoms with Gasteiger partial charge in [0.1, 0.15) is 0 Å². The van der Waals surface area contributed by atoms with E-state index in [1.807, 2.05) is 19.9 Å². The van der Waals surface area contributed by atoms with Gasteiger partial charge in [-0.2, -0.15) is 0 Å². The fourth-order valence-corrected chi connectivity index (χ4v) is 6.10. The van der Waals surface area contributed by atoms with Gasteiger partial charge in [-0.05, 0) is 78.6 Å². The lowest BCUT2D eigenvalue weighted by molar-refractivity contribution is 0.556. The highest BCUT2D eigenvalue weighted by Gasteiger charge is 2.39. The summed E-state index contributed by atoms with van der Waals surface area (Å²) in [5.74, 6) is 0. The molecule has 4 aromatic rings. The van der Waals surface area contributed by atoms with Crippen LogP contribution in [0.4, 0.5) is 11.4 Å². The normalized spacial score (nSPS) is 16.4. The molecule has 1 nitrogen and oxygen atoms in total. The van der Waals surface area contributed by atoms with Gasteiger partial charge < -0.3 is 4.90 Å². The Morgan fingerprint density at radius 2 is 1.39 bits per heavy atom. The summed E-state index contributed by atoms with van der Waals surface area (Å²) in [5, 5.41) is 0. The molecule has 0 fully saturated rings. The lowest BCUT2D eigenvalue weighted by Crippen LogP contribution is -2.39. The van der Waals surface area contributed by atoms with Crippen LogP contribution in [0.3, 0.4) is 0 Å². The Morgan fingerprint density at radius 3 is 2.06 bits per heavy atom. The molecule has 2 unspecified atom stereocenters. The van der Waals surface area contributed by atoms with Gasteiger partial charge in [0.05, 0.1) is 5.69 Å². The Morgan fingerprint density at radius 1 is 0.722 bits per heavy atom. The van der Waals surface area contributed by atoms with E-state index >= 15 is 0 Å². The number of aryl methyl sites for hydroxylation is 1. The van der Waals surface area contributed by atoms with Crippen molar-refractivity contribution < 1.29 is 2.74 Å². The summed E-state index contributed by atoms with van der Waals surface area (Å²) >= 11 is 0. The van der Waals surface area contributed by atoms with E-state index in [9.17, 15) is 0 Å². The quantitative estimate of drug-likeness (QED) is 0.278. The van der Waals surface area contributed by atoms with Crippen LogP contribution in [-0.2, 0) is 18.2 Å². The molecular formula is C35H39N. The second-order valence-corrected chi connectivity index (χ2v) is 11.3. The SMILES string of the molecule is [2H]C(C)c1cccc(-c2ccccc2)c1N(c1ccc2c(c1C([2H])C)C(C)(C)c1ccccc1-2)C(C)(C)C. The smallest absolute Gasteiger partial charge is 0.0527 e. The predicted molar refractivity (Wildman–Crippen MR) is 157 cm³/mol. The number of anilines is 2. The molecule has 184 valence electrons. The van der Waals surface area contributed by atoms with Crippen molar-refractivity contribution in [1.82, 2.24) is 0 Å². The van der Waals surface area contributed by atoms with Crippen molar-refractivity contribution in [2.45, 2.75) is 72.2 Å². The van der Waals surface area contributed by atoms with Crippen LogP contribution in [0, 0.1) is 0 Å². The highest BCUT2D eigenvalue weighted by molar-refractivity contribution is 5.90. The number of para-hydroxylation sites is 1. The molecule has 2 atom stereocenters. The second-order valence-electron chi connectivity index (χ2n) is 11.3. The number of rotatable bonds is 5. The molecule has 0 spiro atoms. The number of hydrogen-bond acceptors (Lipinski definition) is 1. The third-order valence-corrected chi connectivity index (χ3v) is 7.63. The van der Waals surface area contributed by atoms with Gasteiger partial charge in [0.15, 0.2) is 0 Å². The summed E-state index contributed by atoms with van der Waals surface area (Å²) in [6, 6.07) is 30.0. The van der Waals surface area contributed by atoms with E-state index in [-0.39, 0.29) is 11.0 Å². The lowest BCUT2D eigenvalue weighted by Gasteiger charge is -2.42. The van der Waals surface area contributed by atoms with Crippen LogP contribution < -0.4 is 4.90 Å². The van der Waals surface area contributed by atoms with Crippen molar-refractivity contribution >= 4 is 11.4 Å². The molecule has 0 heterocycles. The molecule has 0 aliphatic heterocycles. The summed E-state index contributed by atoms with van der Waals surface area (Å²) < 4.78 is 18.0. The largest absolute Gasteiger partial charge is 0.335 e. The predicted octanol–water partition coefficient (Wildman–Crippen LogP) is 9.72. The van der Waals surface area contributed by atoms with Crippen LogP contribution in [0.25, 0.3) is 22.3 Å². The van der Waals surface area contributed by atoms with Crippen LogP contribution in [-0.4, -0.2) is 5.54 Å². The van der Waals surface area contributed by atoms with E-state index in [1.54, 1.807) is 0 Å². The molecule has 4 aromatic carbocycles. The molecule has 0 saturated heterocycles. The van der Waals surface area contributed by atoms with Gasteiger partial charge in [-0.25, -0.2) is 0 Å². The maximum Gasteiger partial charge on any atom is 0.0527 e. The standard InChI is InChI=1S/C35H39N/c1-8-24-18-15-20-27(25-16-11-10-12-17-25)33(24)36(34(3,4)5)31-23-22-29-28-19-13-14-21-30(28)35(6,7)32(29)26(31)9-2/h10-23H,8-9H2,1-7H3/i8D,9D. The van der Waals surface area contributed by atoms with Gasteiger partial charge in [0.2, 0.25) is 0 Å². The average molecular weight is 476 g/mol. The van der Waals surface area contributed by atoms with Crippen molar-refractivity contribution in [2.75, 3.05) is 4.90 Å². The van der Waals surface area contributed by atoms with Gasteiger partial charge in [0.25, 0.3) is 0 Å². The Kier molecular flexibility index (Phi) is 5.46. The zero-order valence-electron chi connectivity index (χ0n) is 24.7. The molecule has 36 heavy (non-hydrogen) atoms. The first-order valence-electron chi connectivity index (χ1n) is 14.2. The van der Waals surface area contributed by atoms with Crippen LogP contribution >= 0.6 is 0 Å². The summed E-state index contributed by atoms with van der Waals surface area (Å²) in [6.07, 6.45) is -0.815. The molecule has 5 rings (SSSR count). The van der Waals surface area contributed by atoms with Crippen molar-refractivity contribution in [3.63, 3.8) is 0 Å². The third-order valence-electron chi connectivity index (χ3n) is 7.63. The number of fused-ring (bicyclic) bond motifs is 3. The first-order chi connectivity index (χ1) is 17.9. The van der Waals surface area contributed by atoms with E-state index in [4.69, 9.17) is 2.74 Å². The van der Waals surface area contributed by atoms with Gasteiger partial charge in [-0.1, -0.05) is 107 Å². The zero-order valence-corrected chi connectivity index (χ0v) is 22.7. The topological polar surface area (TPSA) is 3.24 Å². The second kappa shape index (κ2) is 8.96. The monoisotopic (exact) mass is 475 g/mol. The van der Waals surface area contributed by atoms with Gasteiger partial charge >= 0.3 is 0 Å². The van der Waals surface area contributed by atoms with Crippen LogP contribution in [0.1, 0.15) is 73.5 Å². The maximum absolute atomic E-state index is 9.16. The highest BCUT2D eigenvalue weighted by atomic mass is 15.2. The van der Waals surface area contributed by atoms with Crippen LogP contribution in [0.5, 0.6) is 0 Å².